The number of aryl methyl sites for hydroxylation is 2. The van der Waals surface area contributed by atoms with Crippen molar-refractivity contribution in [3.63, 3.8) is 0 Å². The van der Waals surface area contributed by atoms with Crippen LogP contribution in [0.15, 0.2) is 23.1 Å². The first-order valence-electron chi connectivity index (χ1n) is 6.45. The lowest BCUT2D eigenvalue weighted by molar-refractivity contribution is 0.297. The maximum Gasteiger partial charge on any atom is 0.244 e. The SMILES string of the molecule is Cc1ccc(S(=O)(=O)N2CCCCC2C#N)c(C)c1. The monoisotopic (exact) mass is 278 g/mol. The molecule has 1 aliphatic rings. The Morgan fingerprint density at radius 3 is 2.68 bits per heavy atom. The number of nitrogens with zero attached hydrogens (tertiary/aromatic N) is 2. The van der Waals surface area contributed by atoms with Gasteiger partial charge in [-0.05, 0) is 44.7 Å². The fourth-order valence-corrected chi connectivity index (χ4v) is 4.35. The van der Waals surface area contributed by atoms with Crippen LogP contribution in [0.2, 0.25) is 0 Å². The molecule has 102 valence electrons. The molecule has 0 aromatic heterocycles. The summed E-state index contributed by atoms with van der Waals surface area (Å²) in [7, 11) is -3.56. The van der Waals surface area contributed by atoms with Gasteiger partial charge in [0.25, 0.3) is 0 Å². The average molecular weight is 278 g/mol. The zero-order valence-corrected chi connectivity index (χ0v) is 12.1. The molecule has 1 aromatic rings. The molecule has 0 saturated carbocycles. The van der Waals surface area contributed by atoms with Crippen LogP contribution in [-0.4, -0.2) is 25.3 Å². The van der Waals surface area contributed by atoms with Crippen molar-refractivity contribution in [3.05, 3.63) is 29.3 Å². The van der Waals surface area contributed by atoms with Gasteiger partial charge in [-0.15, -0.1) is 0 Å². The lowest BCUT2D eigenvalue weighted by Crippen LogP contribution is -2.43. The molecule has 0 radical (unpaired) electrons. The summed E-state index contributed by atoms with van der Waals surface area (Å²) in [5, 5.41) is 9.13. The van der Waals surface area contributed by atoms with E-state index in [1.807, 2.05) is 13.0 Å². The second kappa shape index (κ2) is 5.32. The highest BCUT2D eigenvalue weighted by atomic mass is 32.2. The lowest BCUT2D eigenvalue weighted by Gasteiger charge is -2.30. The number of nitriles is 1. The van der Waals surface area contributed by atoms with Gasteiger partial charge in [-0.1, -0.05) is 17.7 Å². The molecule has 1 saturated heterocycles. The fraction of sp³-hybridized carbons (Fsp3) is 0.500. The third-order valence-corrected chi connectivity index (χ3v) is 5.59. The van der Waals surface area contributed by atoms with Gasteiger partial charge in [0.2, 0.25) is 10.0 Å². The van der Waals surface area contributed by atoms with Gasteiger partial charge in [-0.2, -0.15) is 9.57 Å². The molecule has 2 rings (SSSR count). The van der Waals surface area contributed by atoms with E-state index in [2.05, 4.69) is 6.07 Å². The zero-order chi connectivity index (χ0) is 14.0. The summed E-state index contributed by atoms with van der Waals surface area (Å²) in [5.74, 6) is 0. The van der Waals surface area contributed by atoms with Crippen LogP contribution in [-0.2, 0) is 10.0 Å². The first kappa shape index (κ1) is 14.0. The summed E-state index contributed by atoms with van der Waals surface area (Å²) in [6.45, 7) is 4.17. The Morgan fingerprint density at radius 1 is 1.32 bits per heavy atom. The third-order valence-electron chi connectivity index (χ3n) is 3.52. The smallest absolute Gasteiger partial charge is 0.207 e. The van der Waals surface area contributed by atoms with Crippen LogP contribution in [0.4, 0.5) is 0 Å². The average Bonchev–Trinajstić information content (AvgIpc) is 2.38. The summed E-state index contributed by atoms with van der Waals surface area (Å²) < 4.78 is 26.7. The zero-order valence-electron chi connectivity index (χ0n) is 11.3. The highest BCUT2D eigenvalue weighted by Gasteiger charge is 2.34. The molecule has 0 bridgehead atoms. The molecule has 0 spiro atoms. The molecule has 19 heavy (non-hydrogen) atoms. The Hall–Kier alpha value is -1.38. The summed E-state index contributed by atoms with van der Waals surface area (Å²) in [6.07, 6.45) is 2.36. The highest BCUT2D eigenvalue weighted by Crippen LogP contribution is 2.27. The quantitative estimate of drug-likeness (QED) is 0.834. The largest absolute Gasteiger partial charge is 0.244 e. The molecule has 5 heteroatoms. The molecule has 0 amide bonds. The number of hydrogen-bond donors (Lipinski definition) is 0. The number of hydrogen-bond acceptors (Lipinski definition) is 3. The van der Waals surface area contributed by atoms with Crippen LogP contribution in [0.25, 0.3) is 0 Å². The number of benzene rings is 1. The maximum atomic E-state index is 12.7. The lowest BCUT2D eigenvalue weighted by atomic mass is 10.1. The molecule has 1 unspecified atom stereocenters. The number of rotatable bonds is 2. The van der Waals surface area contributed by atoms with E-state index in [0.717, 1.165) is 24.0 Å². The molecule has 1 heterocycles. The standard InChI is InChI=1S/C14H18N2O2S/c1-11-6-7-14(12(2)9-11)19(17,18)16-8-4-3-5-13(16)10-15/h6-7,9,13H,3-5,8H2,1-2H3. The first-order valence-corrected chi connectivity index (χ1v) is 7.89. The van der Waals surface area contributed by atoms with Crippen LogP contribution in [0.3, 0.4) is 0 Å². The van der Waals surface area contributed by atoms with Crippen molar-refractivity contribution >= 4 is 10.0 Å². The van der Waals surface area contributed by atoms with Crippen molar-refractivity contribution in [2.75, 3.05) is 6.54 Å². The second-order valence-corrected chi connectivity index (χ2v) is 6.88. The minimum Gasteiger partial charge on any atom is -0.207 e. The Morgan fingerprint density at radius 2 is 2.05 bits per heavy atom. The van der Waals surface area contributed by atoms with Gasteiger partial charge in [-0.25, -0.2) is 8.42 Å². The summed E-state index contributed by atoms with van der Waals surface area (Å²) in [5.41, 5.74) is 1.77. The Labute approximate surface area is 114 Å². The van der Waals surface area contributed by atoms with Crippen LogP contribution >= 0.6 is 0 Å². The van der Waals surface area contributed by atoms with E-state index in [0.29, 0.717) is 17.9 Å². The van der Waals surface area contributed by atoms with Crippen molar-refractivity contribution < 1.29 is 8.42 Å². The van der Waals surface area contributed by atoms with E-state index in [4.69, 9.17) is 5.26 Å². The Balaban J connectivity index is 2.44. The van der Waals surface area contributed by atoms with E-state index >= 15 is 0 Å². The van der Waals surface area contributed by atoms with Crippen molar-refractivity contribution in [3.8, 4) is 6.07 Å². The van der Waals surface area contributed by atoms with Crippen molar-refractivity contribution in [2.45, 2.75) is 44.0 Å². The molecule has 1 aromatic carbocycles. The van der Waals surface area contributed by atoms with Crippen molar-refractivity contribution in [1.29, 1.82) is 5.26 Å². The van der Waals surface area contributed by atoms with Crippen molar-refractivity contribution in [1.82, 2.24) is 4.31 Å². The molecule has 1 aliphatic heterocycles. The Bertz CT molecular complexity index is 617. The normalized spacial score (nSPS) is 21.0. The van der Waals surface area contributed by atoms with Gasteiger partial charge in [0.05, 0.1) is 11.0 Å². The van der Waals surface area contributed by atoms with Crippen LogP contribution in [0.1, 0.15) is 30.4 Å². The third kappa shape index (κ3) is 2.65. The molecule has 1 atom stereocenters. The Kier molecular flexibility index (Phi) is 3.93. The van der Waals surface area contributed by atoms with Gasteiger partial charge >= 0.3 is 0 Å². The topological polar surface area (TPSA) is 61.2 Å². The van der Waals surface area contributed by atoms with Crippen LogP contribution in [0.5, 0.6) is 0 Å². The summed E-state index contributed by atoms with van der Waals surface area (Å²) in [6, 6.07) is 6.88. The first-order chi connectivity index (χ1) is 8.96. The number of piperidine rings is 1. The van der Waals surface area contributed by atoms with Crippen LogP contribution in [0, 0.1) is 25.2 Å². The maximum absolute atomic E-state index is 12.7. The predicted molar refractivity (Wildman–Crippen MR) is 73.1 cm³/mol. The molecule has 4 nitrogen and oxygen atoms in total. The van der Waals surface area contributed by atoms with E-state index in [9.17, 15) is 8.42 Å². The van der Waals surface area contributed by atoms with Gasteiger partial charge in [0.15, 0.2) is 0 Å². The molecular weight excluding hydrogens is 260 g/mol. The van der Waals surface area contributed by atoms with Gasteiger partial charge in [0.1, 0.15) is 6.04 Å². The van der Waals surface area contributed by atoms with Gasteiger partial charge in [0, 0.05) is 6.54 Å². The van der Waals surface area contributed by atoms with Crippen LogP contribution < -0.4 is 0 Å². The van der Waals surface area contributed by atoms with Crippen molar-refractivity contribution in [2.24, 2.45) is 0 Å². The van der Waals surface area contributed by atoms with E-state index in [-0.39, 0.29) is 0 Å². The number of sulfonamides is 1. The minimum absolute atomic E-state index is 0.320. The molecule has 1 fully saturated rings. The molecule has 0 aliphatic carbocycles. The highest BCUT2D eigenvalue weighted by molar-refractivity contribution is 7.89. The molecular formula is C14H18N2O2S. The second-order valence-electron chi connectivity index (χ2n) is 5.03. The summed E-state index contributed by atoms with van der Waals surface area (Å²) in [4.78, 5) is 0.320. The summed E-state index contributed by atoms with van der Waals surface area (Å²) >= 11 is 0. The van der Waals surface area contributed by atoms with Gasteiger partial charge in [-0.3, -0.25) is 0 Å². The van der Waals surface area contributed by atoms with Gasteiger partial charge < -0.3 is 0 Å². The minimum atomic E-state index is -3.56. The van der Waals surface area contributed by atoms with E-state index in [1.165, 1.54) is 4.31 Å². The molecule has 0 N–H and O–H groups in total. The predicted octanol–water partition coefficient (Wildman–Crippen LogP) is 2.37. The van der Waals surface area contributed by atoms with E-state index in [1.54, 1.807) is 19.1 Å². The fourth-order valence-electron chi connectivity index (χ4n) is 2.54. The van der Waals surface area contributed by atoms with E-state index < -0.39 is 16.1 Å².